The zero-order valence-electron chi connectivity index (χ0n) is 15.8. The highest BCUT2D eigenvalue weighted by Crippen LogP contribution is 2.33. The Balaban J connectivity index is 1.88. The van der Waals surface area contributed by atoms with Gasteiger partial charge in [0.25, 0.3) is 5.91 Å². The maximum atomic E-state index is 12.5. The van der Waals surface area contributed by atoms with Crippen LogP contribution in [0.4, 0.5) is 10.5 Å². The van der Waals surface area contributed by atoms with Crippen molar-refractivity contribution in [2.75, 3.05) is 25.0 Å². The van der Waals surface area contributed by atoms with Crippen molar-refractivity contribution in [3.8, 4) is 0 Å². The molecular formula is C19H27N3O4. The van der Waals surface area contributed by atoms with E-state index >= 15 is 0 Å². The monoisotopic (exact) mass is 361 g/mol. The van der Waals surface area contributed by atoms with Crippen LogP contribution in [0.5, 0.6) is 0 Å². The van der Waals surface area contributed by atoms with E-state index in [2.05, 4.69) is 10.6 Å². The van der Waals surface area contributed by atoms with E-state index < -0.39 is 11.7 Å². The molecule has 1 fully saturated rings. The number of benzene rings is 1. The number of alkyl carbamates (subject to hydrolysis) is 1. The number of carbonyl (C=O) groups is 3. The number of carbonyl (C=O) groups excluding carboxylic acids is 3. The van der Waals surface area contributed by atoms with Gasteiger partial charge in [-0.1, -0.05) is 12.1 Å². The lowest BCUT2D eigenvalue weighted by Crippen LogP contribution is -2.38. The van der Waals surface area contributed by atoms with Crippen LogP contribution in [-0.4, -0.2) is 43.6 Å². The zero-order valence-corrected chi connectivity index (χ0v) is 15.8. The summed E-state index contributed by atoms with van der Waals surface area (Å²) in [6.45, 7) is 5.85. The first-order valence-electron chi connectivity index (χ1n) is 8.80. The minimum Gasteiger partial charge on any atom is -0.444 e. The smallest absolute Gasteiger partial charge is 0.407 e. The fraction of sp³-hybridized carbons (Fsp3) is 0.526. The number of rotatable bonds is 6. The van der Waals surface area contributed by atoms with Crippen LogP contribution in [0.1, 0.15) is 44.0 Å². The molecule has 0 aliphatic heterocycles. The topological polar surface area (TPSA) is 87.7 Å². The number of nitrogens with one attached hydrogen (secondary N) is 2. The Labute approximate surface area is 154 Å². The summed E-state index contributed by atoms with van der Waals surface area (Å²) in [5.74, 6) is -0.173. The number of hydrogen-bond donors (Lipinski definition) is 2. The van der Waals surface area contributed by atoms with Gasteiger partial charge in [-0.05, 0) is 45.7 Å². The SMILES string of the molecule is CN(C(=O)C1CC1)c1ccccc1C(=O)NCCNC(=O)OC(C)(C)C. The van der Waals surface area contributed by atoms with E-state index in [0.717, 1.165) is 12.8 Å². The molecule has 1 aliphatic carbocycles. The summed E-state index contributed by atoms with van der Waals surface area (Å²) in [5, 5.41) is 5.33. The summed E-state index contributed by atoms with van der Waals surface area (Å²) in [5.41, 5.74) is 0.452. The molecule has 0 saturated heterocycles. The summed E-state index contributed by atoms with van der Waals surface area (Å²) in [7, 11) is 1.69. The van der Waals surface area contributed by atoms with Gasteiger partial charge in [-0.15, -0.1) is 0 Å². The Morgan fingerprint density at radius 2 is 1.73 bits per heavy atom. The average Bonchev–Trinajstić information content (AvgIpc) is 3.40. The number of hydrogen-bond acceptors (Lipinski definition) is 4. The van der Waals surface area contributed by atoms with E-state index in [9.17, 15) is 14.4 Å². The molecule has 2 rings (SSSR count). The first kappa shape index (κ1) is 19.8. The summed E-state index contributed by atoms with van der Waals surface area (Å²) < 4.78 is 5.13. The van der Waals surface area contributed by atoms with E-state index in [4.69, 9.17) is 4.74 Å². The van der Waals surface area contributed by atoms with Gasteiger partial charge in [0.2, 0.25) is 5.91 Å². The Bertz CT molecular complexity index is 678. The van der Waals surface area contributed by atoms with Crippen LogP contribution in [-0.2, 0) is 9.53 Å². The summed E-state index contributed by atoms with van der Waals surface area (Å²) in [6, 6.07) is 7.00. The fourth-order valence-electron chi connectivity index (χ4n) is 2.43. The second kappa shape index (κ2) is 8.21. The lowest BCUT2D eigenvalue weighted by atomic mass is 10.1. The van der Waals surface area contributed by atoms with Crippen LogP contribution in [0, 0.1) is 5.92 Å². The van der Waals surface area contributed by atoms with Crippen LogP contribution < -0.4 is 15.5 Å². The molecule has 142 valence electrons. The molecule has 0 heterocycles. The molecule has 0 atom stereocenters. The van der Waals surface area contributed by atoms with Crippen LogP contribution in [0.15, 0.2) is 24.3 Å². The first-order chi connectivity index (χ1) is 12.2. The molecular weight excluding hydrogens is 334 g/mol. The molecule has 0 unspecified atom stereocenters. The predicted octanol–water partition coefficient (Wildman–Crippen LogP) is 2.31. The summed E-state index contributed by atoms with van der Waals surface area (Å²) in [6.07, 6.45) is 1.30. The maximum absolute atomic E-state index is 12.5. The molecule has 2 N–H and O–H groups in total. The zero-order chi connectivity index (χ0) is 19.3. The lowest BCUT2D eigenvalue weighted by molar-refractivity contribution is -0.119. The molecule has 7 heteroatoms. The molecule has 3 amide bonds. The second-order valence-corrected chi connectivity index (χ2v) is 7.37. The second-order valence-electron chi connectivity index (χ2n) is 7.37. The Morgan fingerprint density at radius 1 is 1.12 bits per heavy atom. The van der Waals surface area contributed by atoms with Gasteiger partial charge < -0.3 is 20.3 Å². The van der Waals surface area contributed by atoms with Gasteiger partial charge in [-0.2, -0.15) is 0 Å². The molecule has 0 bridgehead atoms. The number of anilines is 1. The van der Waals surface area contributed by atoms with Crippen molar-refractivity contribution in [2.24, 2.45) is 5.92 Å². The first-order valence-corrected chi connectivity index (χ1v) is 8.80. The van der Waals surface area contributed by atoms with Crippen molar-refractivity contribution in [3.05, 3.63) is 29.8 Å². The number of ether oxygens (including phenoxy) is 1. The van der Waals surface area contributed by atoms with Crippen molar-refractivity contribution in [3.63, 3.8) is 0 Å². The van der Waals surface area contributed by atoms with Gasteiger partial charge in [0, 0.05) is 26.1 Å². The summed E-state index contributed by atoms with van der Waals surface area (Å²) in [4.78, 5) is 37.8. The molecule has 1 aromatic rings. The lowest BCUT2D eigenvalue weighted by Gasteiger charge is -2.21. The third-order valence-electron chi connectivity index (χ3n) is 3.85. The van der Waals surface area contributed by atoms with Gasteiger partial charge in [-0.25, -0.2) is 4.79 Å². The molecule has 1 aliphatic rings. The third kappa shape index (κ3) is 5.75. The van der Waals surface area contributed by atoms with E-state index in [1.165, 1.54) is 0 Å². The van der Waals surface area contributed by atoms with Crippen LogP contribution in [0.2, 0.25) is 0 Å². The molecule has 1 saturated carbocycles. The molecule has 0 aromatic heterocycles. The number of nitrogens with zero attached hydrogens (tertiary/aromatic N) is 1. The number of amides is 3. The number of para-hydroxylation sites is 1. The highest BCUT2D eigenvalue weighted by Gasteiger charge is 2.33. The Morgan fingerprint density at radius 3 is 2.35 bits per heavy atom. The van der Waals surface area contributed by atoms with Crippen LogP contribution in [0.25, 0.3) is 0 Å². The maximum Gasteiger partial charge on any atom is 0.407 e. The van der Waals surface area contributed by atoms with Crippen molar-refractivity contribution in [1.82, 2.24) is 10.6 Å². The highest BCUT2D eigenvalue weighted by molar-refractivity contribution is 6.05. The average molecular weight is 361 g/mol. The van der Waals surface area contributed by atoms with Crippen LogP contribution >= 0.6 is 0 Å². The molecule has 7 nitrogen and oxygen atoms in total. The predicted molar refractivity (Wildman–Crippen MR) is 99.1 cm³/mol. The van der Waals surface area contributed by atoms with Gasteiger partial charge in [-0.3, -0.25) is 9.59 Å². The minimum atomic E-state index is -0.565. The van der Waals surface area contributed by atoms with Crippen molar-refractivity contribution >= 4 is 23.6 Å². The third-order valence-corrected chi connectivity index (χ3v) is 3.85. The van der Waals surface area contributed by atoms with Crippen molar-refractivity contribution in [1.29, 1.82) is 0 Å². The quantitative estimate of drug-likeness (QED) is 0.761. The normalized spacial score (nSPS) is 13.7. The summed E-state index contributed by atoms with van der Waals surface area (Å²) >= 11 is 0. The van der Waals surface area contributed by atoms with E-state index in [-0.39, 0.29) is 30.8 Å². The van der Waals surface area contributed by atoms with Gasteiger partial charge >= 0.3 is 6.09 Å². The van der Waals surface area contributed by atoms with E-state index in [1.807, 2.05) is 0 Å². The molecule has 26 heavy (non-hydrogen) atoms. The van der Waals surface area contributed by atoms with Crippen molar-refractivity contribution < 1.29 is 19.1 Å². The van der Waals surface area contributed by atoms with Gasteiger partial charge in [0.15, 0.2) is 0 Å². The Kier molecular flexibility index (Phi) is 6.23. The minimum absolute atomic E-state index is 0.0387. The van der Waals surface area contributed by atoms with Crippen LogP contribution in [0.3, 0.4) is 0 Å². The molecule has 1 aromatic carbocycles. The Hall–Kier alpha value is -2.57. The molecule has 0 radical (unpaired) electrons. The van der Waals surface area contributed by atoms with Gasteiger partial charge in [0.1, 0.15) is 5.60 Å². The van der Waals surface area contributed by atoms with E-state index in [0.29, 0.717) is 11.3 Å². The standard InChI is InChI=1S/C19H27N3O4/c1-19(2,3)26-18(25)21-12-11-20-16(23)14-7-5-6-8-15(14)22(4)17(24)13-9-10-13/h5-8,13H,9-12H2,1-4H3,(H,20,23)(H,21,25). The van der Waals surface area contributed by atoms with Crippen molar-refractivity contribution in [2.45, 2.75) is 39.2 Å². The fourth-order valence-corrected chi connectivity index (χ4v) is 2.43. The van der Waals surface area contributed by atoms with E-state index in [1.54, 1.807) is 57.0 Å². The largest absolute Gasteiger partial charge is 0.444 e. The highest BCUT2D eigenvalue weighted by atomic mass is 16.6. The molecule has 0 spiro atoms. The van der Waals surface area contributed by atoms with Gasteiger partial charge in [0.05, 0.1) is 11.3 Å².